The maximum absolute atomic E-state index is 12.8. The molecule has 0 heterocycles. The Morgan fingerprint density at radius 1 is 1.03 bits per heavy atom. The highest BCUT2D eigenvalue weighted by Gasteiger charge is 2.39. The van der Waals surface area contributed by atoms with Crippen LogP contribution in [0.2, 0.25) is 0 Å². The van der Waals surface area contributed by atoms with E-state index in [-0.39, 0.29) is 37.8 Å². The van der Waals surface area contributed by atoms with Crippen molar-refractivity contribution in [1.82, 2.24) is 10.6 Å². The molecule has 2 aliphatic carbocycles. The molecule has 0 aromatic heterocycles. The van der Waals surface area contributed by atoms with Crippen LogP contribution >= 0.6 is 0 Å². The minimum atomic E-state index is -0.932. The fraction of sp³-hybridized carbons (Fsp3) is 0.444. The van der Waals surface area contributed by atoms with Crippen molar-refractivity contribution >= 4 is 18.0 Å². The van der Waals surface area contributed by atoms with Crippen LogP contribution in [0.5, 0.6) is 0 Å². The summed E-state index contributed by atoms with van der Waals surface area (Å²) >= 11 is 0. The fourth-order valence-corrected chi connectivity index (χ4v) is 5.34. The van der Waals surface area contributed by atoms with Gasteiger partial charge in [0.15, 0.2) is 0 Å². The zero-order valence-corrected chi connectivity index (χ0v) is 19.9. The van der Waals surface area contributed by atoms with E-state index in [0.717, 1.165) is 35.1 Å². The Morgan fingerprint density at radius 2 is 1.63 bits per heavy atom. The van der Waals surface area contributed by atoms with Crippen LogP contribution in [-0.2, 0) is 19.1 Å². The van der Waals surface area contributed by atoms with E-state index in [9.17, 15) is 19.5 Å². The molecule has 0 saturated heterocycles. The normalized spacial score (nSPS) is 16.7. The summed E-state index contributed by atoms with van der Waals surface area (Å²) in [5.74, 6) is -1.31. The predicted octanol–water partition coefficient (Wildman–Crippen LogP) is 3.83. The highest BCUT2D eigenvalue weighted by Crippen LogP contribution is 2.44. The van der Waals surface area contributed by atoms with Gasteiger partial charge in [0.25, 0.3) is 0 Å². The Kier molecular flexibility index (Phi) is 7.70. The van der Waals surface area contributed by atoms with Gasteiger partial charge in [0, 0.05) is 26.0 Å². The number of ether oxygens (including phenoxy) is 2. The highest BCUT2D eigenvalue weighted by molar-refractivity contribution is 5.83. The Hall–Kier alpha value is -3.39. The number of methoxy groups -OCH3 is 1. The van der Waals surface area contributed by atoms with Crippen molar-refractivity contribution in [2.75, 3.05) is 20.3 Å². The van der Waals surface area contributed by atoms with Gasteiger partial charge in [-0.25, -0.2) is 4.79 Å². The van der Waals surface area contributed by atoms with Crippen LogP contribution in [0.4, 0.5) is 4.79 Å². The van der Waals surface area contributed by atoms with Crippen molar-refractivity contribution in [2.45, 2.75) is 56.1 Å². The first-order valence-electron chi connectivity index (χ1n) is 12.1. The van der Waals surface area contributed by atoms with Crippen LogP contribution in [0.15, 0.2) is 48.5 Å². The summed E-state index contributed by atoms with van der Waals surface area (Å²) in [5, 5.41) is 14.8. The molecular weight excluding hydrogens is 448 g/mol. The molecule has 186 valence electrons. The van der Waals surface area contributed by atoms with Crippen molar-refractivity contribution in [3.05, 3.63) is 59.7 Å². The third kappa shape index (κ3) is 5.65. The molecule has 0 bridgehead atoms. The summed E-state index contributed by atoms with van der Waals surface area (Å²) < 4.78 is 10.8. The van der Waals surface area contributed by atoms with Gasteiger partial charge in [0.1, 0.15) is 12.7 Å². The van der Waals surface area contributed by atoms with Crippen LogP contribution in [0.25, 0.3) is 11.1 Å². The zero-order valence-electron chi connectivity index (χ0n) is 19.9. The van der Waals surface area contributed by atoms with Gasteiger partial charge in [-0.2, -0.15) is 0 Å². The molecule has 2 aromatic rings. The summed E-state index contributed by atoms with van der Waals surface area (Å²) in [6.07, 6.45) is 1.83. The first kappa shape index (κ1) is 24.7. The SMILES string of the molecule is COC(CCNC(=O)OCC1c2ccccc2-c2ccccc21)C(=O)NC1(CC(=O)O)CCCC1. The standard InChI is InChI=1S/C27H32N2O6/c1-34-23(25(32)29-27(16-24(30)31)13-6-7-14-27)12-15-28-26(33)35-17-22-20-10-4-2-8-18(20)19-9-3-5-11-21(19)22/h2-5,8-11,22-23H,6-7,12-17H2,1H3,(H,28,33)(H,29,32)(H,30,31). The number of carboxylic acid groups (broad SMARTS) is 1. The zero-order chi connectivity index (χ0) is 24.8. The lowest BCUT2D eigenvalue weighted by atomic mass is 9.92. The second kappa shape index (κ2) is 10.9. The molecule has 4 rings (SSSR count). The number of benzene rings is 2. The molecule has 0 aliphatic heterocycles. The van der Waals surface area contributed by atoms with Crippen molar-refractivity contribution in [3.8, 4) is 11.1 Å². The first-order chi connectivity index (χ1) is 16.9. The summed E-state index contributed by atoms with van der Waals surface area (Å²) in [4.78, 5) is 36.4. The quantitative estimate of drug-likeness (QED) is 0.476. The van der Waals surface area contributed by atoms with Crippen LogP contribution in [0.3, 0.4) is 0 Å². The Bertz CT molecular complexity index is 1030. The van der Waals surface area contributed by atoms with E-state index in [0.29, 0.717) is 12.8 Å². The number of carbonyl (C=O) groups is 3. The van der Waals surface area contributed by atoms with Crippen LogP contribution in [0, 0.1) is 0 Å². The Morgan fingerprint density at radius 3 is 2.20 bits per heavy atom. The molecule has 8 heteroatoms. The number of hydrogen-bond acceptors (Lipinski definition) is 5. The van der Waals surface area contributed by atoms with E-state index >= 15 is 0 Å². The first-order valence-corrected chi connectivity index (χ1v) is 12.1. The lowest BCUT2D eigenvalue weighted by molar-refractivity contribution is -0.140. The second-order valence-electron chi connectivity index (χ2n) is 9.31. The van der Waals surface area contributed by atoms with Gasteiger partial charge in [0.2, 0.25) is 5.91 Å². The van der Waals surface area contributed by atoms with Gasteiger partial charge in [-0.1, -0.05) is 61.4 Å². The molecule has 2 aromatic carbocycles. The summed E-state index contributed by atoms with van der Waals surface area (Å²) in [5.41, 5.74) is 3.88. The minimum Gasteiger partial charge on any atom is -0.481 e. The molecule has 8 nitrogen and oxygen atoms in total. The number of hydrogen-bond donors (Lipinski definition) is 3. The molecule has 0 spiro atoms. The summed E-state index contributed by atoms with van der Waals surface area (Å²) in [7, 11) is 1.43. The fourth-order valence-electron chi connectivity index (χ4n) is 5.34. The average molecular weight is 481 g/mol. The molecule has 35 heavy (non-hydrogen) atoms. The van der Waals surface area contributed by atoms with E-state index in [1.165, 1.54) is 7.11 Å². The van der Waals surface area contributed by atoms with Crippen molar-refractivity contribution in [2.24, 2.45) is 0 Å². The number of carboxylic acids is 1. The number of aliphatic carboxylic acids is 1. The smallest absolute Gasteiger partial charge is 0.407 e. The second-order valence-corrected chi connectivity index (χ2v) is 9.31. The number of amides is 2. The van der Waals surface area contributed by atoms with Crippen molar-refractivity contribution < 1.29 is 29.0 Å². The topological polar surface area (TPSA) is 114 Å². The molecule has 1 unspecified atom stereocenters. The molecule has 2 aliphatic rings. The van der Waals surface area contributed by atoms with Crippen LogP contribution in [-0.4, -0.2) is 55.0 Å². The molecule has 0 radical (unpaired) electrons. The molecule has 2 amide bonds. The molecule has 1 atom stereocenters. The van der Waals surface area contributed by atoms with E-state index in [1.54, 1.807) is 0 Å². The van der Waals surface area contributed by atoms with Gasteiger partial charge >= 0.3 is 12.1 Å². The van der Waals surface area contributed by atoms with E-state index in [2.05, 4.69) is 34.9 Å². The number of rotatable bonds is 10. The minimum absolute atomic E-state index is 0.0255. The van der Waals surface area contributed by atoms with Crippen molar-refractivity contribution in [1.29, 1.82) is 0 Å². The van der Waals surface area contributed by atoms with Crippen molar-refractivity contribution in [3.63, 3.8) is 0 Å². The number of alkyl carbamates (subject to hydrolysis) is 1. The highest BCUT2D eigenvalue weighted by atomic mass is 16.5. The maximum Gasteiger partial charge on any atom is 0.407 e. The number of nitrogens with one attached hydrogen (secondary N) is 2. The summed E-state index contributed by atoms with van der Waals surface area (Å²) in [6, 6.07) is 16.3. The lowest BCUT2D eigenvalue weighted by Gasteiger charge is -2.30. The third-order valence-corrected chi connectivity index (χ3v) is 7.04. The van der Waals surface area contributed by atoms with Gasteiger partial charge < -0.3 is 25.2 Å². The third-order valence-electron chi connectivity index (χ3n) is 7.04. The summed E-state index contributed by atoms with van der Waals surface area (Å²) in [6.45, 7) is 0.403. The molecule has 1 fully saturated rings. The van der Waals surface area contributed by atoms with Gasteiger partial charge in [-0.15, -0.1) is 0 Å². The van der Waals surface area contributed by atoms with Crippen LogP contribution < -0.4 is 10.6 Å². The monoisotopic (exact) mass is 480 g/mol. The van der Waals surface area contributed by atoms with Gasteiger partial charge in [0.05, 0.1) is 12.0 Å². The Balaban J connectivity index is 1.27. The van der Waals surface area contributed by atoms with E-state index in [4.69, 9.17) is 9.47 Å². The number of carbonyl (C=O) groups excluding carboxylic acids is 2. The van der Waals surface area contributed by atoms with E-state index < -0.39 is 23.7 Å². The van der Waals surface area contributed by atoms with Gasteiger partial charge in [-0.05, 0) is 35.1 Å². The van der Waals surface area contributed by atoms with E-state index in [1.807, 2.05) is 24.3 Å². The lowest BCUT2D eigenvalue weighted by Crippen LogP contribution is -2.52. The maximum atomic E-state index is 12.8. The average Bonchev–Trinajstić information content (AvgIpc) is 3.42. The van der Waals surface area contributed by atoms with Gasteiger partial charge in [-0.3, -0.25) is 9.59 Å². The number of fused-ring (bicyclic) bond motifs is 3. The molecular formula is C27H32N2O6. The van der Waals surface area contributed by atoms with Crippen LogP contribution in [0.1, 0.15) is 55.6 Å². The molecule has 1 saturated carbocycles. The Labute approximate surface area is 205 Å². The largest absolute Gasteiger partial charge is 0.481 e. The molecule has 3 N–H and O–H groups in total. The predicted molar refractivity (Wildman–Crippen MR) is 130 cm³/mol.